The molecule has 0 spiro atoms. The number of para-hydroxylation sites is 2. The number of anilines is 6. The first kappa shape index (κ1) is 30.8. The maximum absolute atomic E-state index is 5.49. The van der Waals surface area contributed by atoms with Crippen LogP contribution in [-0.4, -0.2) is 14.2 Å². The Balaban J connectivity index is 1.31. The van der Waals surface area contributed by atoms with Crippen molar-refractivity contribution >= 4 is 55.7 Å². The van der Waals surface area contributed by atoms with Gasteiger partial charge < -0.3 is 19.3 Å². The van der Waals surface area contributed by atoms with Crippen LogP contribution < -0.4 is 19.3 Å². The van der Waals surface area contributed by atoms with Gasteiger partial charge in [0, 0.05) is 33.5 Å². The molecule has 0 bridgehead atoms. The van der Waals surface area contributed by atoms with E-state index >= 15 is 0 Å². The third-order valence-corrected chi connectivity index (χ3v) is 9.26. The predicted molar refractivity (Wildman–Crippen MR) is 209 cm³/mol. The Morgan fingerprint density at radius 3 is 0.980 bits per heavy atom. The topological polar surface area (TPSA) is 24.9 Å². The van der Waals surface area contributed by atoms with Crippen molar-refractivity contribution in [1.82, 2.24) is 0 Å². The number of rotatable bonds is 9. The van der Waals surface area contributed by atoms with E-state index in [1.54, 1.807) is 14.2 Å². The van der Waals surface area contributed by atoms with E-state index in [4.69, 9.17) is 9.47 Å². The fourth-order valence-corrected chi connectivity index (χ4v) is 6.90. The normalized spacial score (nSPS) is 11.0. The van der Waals surface area contributed by atoms with Gasteiger partial charge in [0.15, 0.2) is 0 Å². The average molecular weight is 649 g/mol. The Hall–Kier alpha value is -6.52. The maximum atomic E-state index is 5.49. The lowest BCUT2D eigenvalue weighted by Crippen LogP contribution is -2.11. The van der Waals surface area contributed by atoms with Gasteiger partial charge in [-0.3, -0.25) is 0 Å². The highest BCUT2D eigenvalue weighted by Crippen LogP contribution is 2.46. The summed E-state index contributed by atoms with van der Waals surface area (Å²) in [4.78, 5) is 4.64. The van der Waals surface area contributed by atoms with Gasteiger partial charge in [-0.15, -0.1) is 0 Å². The van der Waals surface area contributed by atoms with Gasteiger partial charge in [-0.1, -0.05) is 97.1 Å². The number of benzene rings is 8. The fraction of sp³-hybridized carbons (Fsp3) is 0.0435. The lowest BCUT2D eigenvalue weighted by molar-refractivity contribution is 0.414. The summed E-state index contributed by atoms with van der Waals surface area (Å²) in [6.45, 7) is 0. The van der Waals surface area contributed by atoms with Crippen LogP contribution in [0.2, 0.25) is 0 Å². The third kappa shape index (κ3) is 5.67. The van der Waals surface area contributed by atoms with Gasteiger partial charge in [0.25, 0.3) is 0 Å². The second kappa shape index (κ2) is 13.5. The molecule has 0 aromatic heterocycles. The minimum absolute atomic E-state index is 0.829. The highest BCUT2D eigenvalue weighted by Gasteiger charge is 2.20. The summed E-state index contributed by atoms with van der Waals surface area (Å²) in [6.07, 6.45) is 0. The van der Waals surface area contributed by atoms with Gasteiger partial charge in [0.2, 0.25) is 0 Å². The fourth-order valence-electron chi connectivity index (χ4n) is 6.90. The molecule has 0 atom stereocenters. The second-order valence-corrected chi connectivity index (χ2v) is 12.1. The standard InChI is InChI=1S/C46H36N2O2/c1-49-37-25-21-35(22-26-37)47(33-13-5-3-6-14-33)45-31-29-41(39-17-9-11-19-43(39)45)42-30-32-46(44-20-12-10-18-40(42)44)48(34-15-7-4-8-16-34)36-23-27-38(50-2)28-24-36/h3-32H,1-2H3. The van der Waals surface area contributed by atoms with Crippen molar-refractivity contribution in [2.45, 2.75) is 0 Å². The molecule has 0 N–H and O–H groups in total. The van der Waals surface area contributed by atoms with Gasteiger partial charge in [0.1, 0.15) is 11.5 Å². The number of methoxy groups -OCH3 is 2. The molecule has 4 nitrogen and oxygen atoms in total. The second-order valence-electron chi connectivity index (χ2n) is 12.1. The molecule has 0 aliphatic rings. The minimum atomic E-state index is 0.829. The van der Waals surface area contributed by atoms with Gasteiger partial charge in [-0.2, -0.15) is 0 Å². The molecule has 0 aliphatic carbocycles. The number of fused-ring (bicyclic) bond motifs is 2. The van der Waals surface area contributed by atoms with E-state index < -0.39 is 0 Å². The SMILES string of the molecule is COc1ccc(N(c2ccccc2)c2ccc(-c3ccc(N(c4ccccc4)c4ccc(OC)cc4)c4ccccc34)c3ccccc23)cc1. The summed E-state index contributed by atoms with van der Waals surface area (Å²) in [5, 5.41) is 4.71. The highest BCUT2D eigenvalue weighted by atomic mass is 16.5. The summed E-state index contributed by atoms with van der Waals surface area (Å²) in [7, 11) is 3.40. The molecule has 0 heterocycles. The van der Waals surface area contributed by atoms with Gasteiger partial charge in [0.05, 0.1) is 25.6 Å². The quantitative estimate of drug-likeness (QED) is 0.155. The molecule has 50 heavy (non-hydrogen) atoms. The molecule has 0 saturated heterocycles. The van der Waals surface area contributed by atoms with Crippen LogP contribution in [0, 0.1) is 0 Å². The Bertz CT molecular complexity index is 2220. The monoisotopic (exact) mass is 648 g/mol. The molecular formula is C46H36N2O2. The maximum Gasteiger partial charge on any atom is 0.119 e. The number of hydrogen-bond acceptors (Lipinski definition) is 4. The summed E-state index contributed by atoms with van der Waals surface area (Å²) in [5.74, 6) is 1.66. The summed E-state index contributed by atoms with van der Waals surface area (Å²) in [6, 6.07) is 64.1. The molecule has 8 aromatic rings. The van der Waals surface area contributed by atoms with Crippen LogP contribution in [0.15, 0.2) is 182 Å². The van der Waals surface area contributed by atoms with Crippen molar-refractivity contribution in [2.24, 2.45) is 0 Å². The van der Waals surface area contributed by atoms with Crippen molar-refractivity contribution in [3.05, 3.63) is 182 Å². The minimum Gasteiger partial charge on any atom is -0.497 e. The van der Waals surface area contributed by atoms with E-state index in [1.807, 2.05) is 24.3 Å². The zero-order chi connectivity index (χ0) is 33.9. The van der Waals surface area contributed by atoms with Crippen LogP contribution in [0.5, 0.6) is 11.5 Å². The van der Waals surface area contributed by atoms with Crippen molar-refractivity contribution in [2.75, 3.05) is 24.0 Å². The van der Waals surface area contributed by atoms with E-state index in [0.29, 0.717) is 0 Å². The van der Waals surface area contributed by atoms with Gasteiger partial charge in [-0.25, -0.2) is 0 Å². The summed E-state index contributed by atoms with van der Waals surface area (Å²) >= 11 is 0. The number of nitrogens with zero attached hydrogens (tertiary/aromatic N) is 2. The molecule has 8 rings (SSSR count). The van der Waals surface area contributed by atoms with Crippen LogP contribution in [0.25, 0.3) is 32.7 Å². The molecular weight excluding hydrogens is 613 g/mol. The smallest absolute Gasteiger partial charge is 0.119 e. The molecule has 0 saturated carbocycles. The van der Waals surface area contributed by atoms with E-state index in [0.717, 1.165) is 45.6 Å². The van der Waals surface area contributed by atoms with Crippen molar-refractivity contribution in [3.63, 3.8) is 0 Å². The van der Waals surface area contributed by atoms with Gasteiger partial charge in [-0.05, 0) is 107 Å². The molecule has 242 valence electrons. The number of hydrogen-bond donors (Lipinski definition) is 0. The Morgan fingerprint density at radius 1 is 0.300 bits per heavy atom. The molecule has 8 aromatic carbocycles. The van der Waals surface area contributed by atoms with Crippen LogP contribution in [-0.2, 0) is 0 Å². The molecule has 0 radical (unpaired) electrons. The zero-order valence-electron chi connectivity index (χ0n) is 28.0. The van der Waals surface area contributed by atoms with Crippen molar-refractivity contribution < 1.29 is 9.47 Å². The molecule has 0 fully saturated rings. The Labute approximate surface area is 293 Å². The summed E-state index contributed by atoms with van der Waals surface area (Å²) in [5.41, 5.74) is 8.88. The van der Waals surface area contributed by atoms with Crippen molar-refractivity contribution in [3.8, 4) is 22.6 Å². The first-order valence-electron chi connectivity index (χ1n) is 16.8. The predicted octanol–water partition coefficient (Wildman–Crippen LogP) is 12.6. The van der Waals surface area contributed by atoms with Crippen LogP contribution in [0.4, 0.5) is 34.1 Å². The lowest BCUT2D eigenvalue weighted by atomic mass is 9.92. The zero-order valence-corrected chi connectivity index (χ0v) is 28.0. The first-order chi connectivity index (χ1) is 24.7. The highest BCUT2D eigenvalue weighted by molar-refractivity contribution is 6.13. The van der Waals surface area contributed by atoms with E-state index in [2.05, 4.69) is 168 Å². The molecule has 0 amide bonds. The third-order valence-electron chi connectivity index (χ3n) is 9.26. The van der Waals surface area contributed by atoms with Gasteiger partial charge >= 0.3 is 0 Å². The number of ether oxygens (including phenoxy) is 2. The van der Waals surface area contributed by atoms with E-state index in [9.17, 15) is 0 Å². The van der Waals surface area contributed by atoms with Crippen LogP contribution in [0.1, 0.15) is 0 Å². The Kier molecular flexibility index (Phi) is 8.34. The van der Waals surface area contributed by atoms with Crippen molar-refractivity contribution in [1.29, 1.82) is 0 Å². The van der Waals surface area contributed by atoms with Crippen LogP contribution in [0.3, 0.4) is 0 Å². The van der Waals surface area contributed by atoms with E-state index in [-0.39, 0.29) is 0 Å². The average Bonchev–Trinajstić information content (AvgIpc) is 3.20. The Morgan fingerprint density at radius 2 is 0.620 bits per heavy atom. The lowest BCUT2D eigenvalue weighted by Gasteiger charge is -2.28. The van der Waals surface area contributed by atoms with E-state index in [1.165, 1.54) is 32.7 Å². The largest absolute Gasteiger partial charge is 0.497 e. The van der Waals surface area contributed by atoms with Crippen LogP contribution >= 0.6 is 0 Å². The first-order valence-corrected chi connectivity index (χ1v) is 16.8. The molecule has 0 aliphatic heterocycles. The summed E-state index contributed by atoms with van der Waals surface area (Å²) < 4.78 is 11.0. The molecule has 4 heteroatoms. The molecule has 0 unspecified atom stereocenters.